The van der Waals surface area contributed by atoms with Gasteiger partial charge < -0.3 is 18.9 Å². The molecule has 0 aliphatic carbocycles. The second-order valence-corrected chi connectivity index (χ2v) is 5.31. The van der Waals surface area contributed by atoms with Crippen molar-refractivity contribution in [1.82, 2.24) is 0 Å². The first kappa shape index (κ1) is 21.1. The van der Waals surface area contributed by atoms with Crippen molar-refractivity contribution in [3.05, 3.63) is 60.4 Å². The zero-order chi connectivity index (χ0) is 20.7. The lowest BCUT2D eigenvalue weighted by Crippen LogP contribution is -2.29. The monoisotopic (exact) mass is 400 g/mol. The zero-order valence-corrected chi connectivity index (χ0v) is 14.8. The highest BCUT2D eigenvalue weighted by atomic mass is 19.4. The Hall–Kier alpha value is -3.23. The highest BCUT2D eigenvalue weighted by molar-refractivity contribution is 6.17. The Bertz CT molecular complexity index is 848. The lowest BCUT2D eigenvalue weighted by atomic mass is 10.1. The van der Waals surface area contributed by atoms with Gasteiger partial charge in [-0.25, -0.2) is 4.79 Å². The third-order valence-corrected chi connectivity index (χ3v) is 3.35. The van der Waals surface area contributed by atoms with Crippen LogP contribution < -0.4 is 9.47 Å². The molecule has 0 heterocycles. The molecule has 28 heavy (non-hydrogen) atoms. The number of hydrogen-bond donors (Lipinski definition) is 0. The number of alkyl halides is 4. The van der Waals surface area contributed by atoms with Crippen molar-refractivity contribution < 1.29 is 41.3 Å². The SMILES string of the molecule is CO/C=C(/C(=O)OC)c1ccccc1Oc1cccc(OC(F)C(F)(F)F)c1. The van der Waals surface area contributed by atoms with Crippen LogP contribution in [0.1, 0.15) is 5.56 Å². The van der Waals surface area contributed by atoms with E-state index < -0.39 is 18.5 Å². The molecule has 0 aliphatic rings. The van der Waals surface area contributed by atoms with Crippen LogP contribution in [0.3, 0.4) is 0 Å². The Morgan fingerprint density at radius 1 is 1.04 bits per heavy atom. The number of carbonyl (C=O) groups is 1. The topological polar surface area (TPSA) is 54.0 Å². The number of carbonyl (C=O) groups excluding carboxylic acids is 1. The maximum atomic E-state index is 13.1. The summed E-state index contributed by atoms with van der Waals surface area (Å²) < 4.78 is 69.5. The van der Waals surface area contributed by atoms with Crippen molar-refractivity contribution >= 4 is 11.5 Å². The molecule has 9 heteroatoms. The van der Waals surface area contributed by atoms with Gasteiger partial charge in [-0.15, -0.1) is 0 Å². The fourth-order valence-electron chi connectivity index (χ4n) is 2.15. The Kier molecular flexibility index (Phi) is 6.86. The molecule has 0 aliphatic heterocycles. The first-order valence-corrected chi connectivity index (χ1v) is 7.82. The van der Waals surface area contributed by atoms with Gasteiger partial charge >= 0.3 is 18.5 Å². The number of ether oxygens (including phenoxy) is 4. The summed E-state index contributed by atoms with van der Waals surface area (Å²) in [6.07, 6.45) is -7.44. The summed E-state index contributed by atoms with van der Waals surface area (Å²) in [7, 11) is 2.55. The lowest BCUT2D eigenvalue weighted by Gasteiger charge is -2.16. The molecule has 0 radical (unpaired) electrons. The second kappa shape index (κ2) is 9.12. The molecule has 0 bridgehead atoms. The third-order valence-electron chi connectivity index (χ3n) is 3.35. The number of benzene rings is 2. The van der Waals surface area contributed by atoms with Crippen LogP contribution in [-0.4, -0.2) is 32.7 Å². The van der Waals surface area contributed by atoms with Gasteiger partial charge in [-0.05, 0) is 18.2 Å². The van der Waals surface area contributed by atoms with Crippen molar-refractivity contribution in [1.29, 1.82) is 0 Å². The van der Waals surface area contributed by atoms with Crippen LogP contribution in [0.15, 0.2) is 54.8 Å². The van der Waals surface area contributed by atoms with Gasteiger partial charge in [-0.3, -0.25) is 0 Å². The molecule has 1 unspecified atom stereocenters. The van der Waals surface area contributed by atoms with Crippen LogP contribution in [0, 0.1) is 0 Å². The van der Waals surface area contributed by atoms with E-state index in [-0.39, 0.29) is 22.8 Å². The average Bonchev–Trinajstić information content (AvgIpc) is 2.66. The second-order valence-electron chi connectivity index (χ2n) is 5.31. The molecule has 0 fully saturated rings. The maximum absolute atomic E-state index is 13.1. The summed E-state index contributed by atoms with van der Waals surface area (Å²) in [5, 5.41) is 0. The van der Waals surface area contributed by atoms with E-state index in [1.807, 2.05) is 0 Å². The van der Waals surface area contributed by atoms with Crippen molar-refractivity contribution in [2.24, 2.45) is 0 Å². The molecule has 2 aromatic carbocycles. The Labute approximate surface area is 158 Å². The van der Waals surface area contributed by atoms with Crippen molar-refractivity contribution in [2.45, 2.75) is 12.5 Å². The lowest BCUT2D eigenvalue weighted by molar-refractivity contribution is -0.236. The van der Waals surface area contributed by atoms with Gasteiger partial charge in [-0.1, -0.05) is 24.3 Å². The molecule has 5 nitrogen and oxygen atoms in total. The number of esters is 1. The quantitative estimate of drug-likeness (QED) is 0.287. The molecule has 0 N–H and O–H groups in total. The van der Waals surface area contributed by atoms with E-state index in [4.69, 9.17) is 14.2 Å². The zero-order valence-electron chi connectivity index (χ0n) is 14.8. The number of para-hydroxylation sites is 1. The first-order valence-electron chi connectivity index (χ1n) is 7.82. The Morgan fingerprint density at radius 2 is 1.71 bits per heavy atom. The molecule has 0 amide bonds. The molecular formula is C19H16F4O5. The van der Waals surface area contributed by atoms with Crippen LogP contribution in [0.4, 0.5) is 17.6 Å². The van der Waals surface area contributed by atoms with Gasteiger partial charge in [0, 0.05) is 11.6 Å². The summed E-state index contributed by atoms with van der Waals surface area (Å²) >= 11 is 0. The van der Waals surface area contributed by atoms with E-state index >= 15 is 0 Å². The van der Waals surface area contributed by atoms with Gasteiger partial charge in [-0.2, -0.15) is 17.6 Å². The van der Waals surface area contributed by atoms with Crippen LogP contribution >= 0.6 is 0 Å². The molecule has 1 atom stereocenters. The standard InChI is InChI=1S/C19H16F4O5/c1-25-11-15(17(24)26-2)14-8-3-4-9-16(14)27-12-6-5-7-13(10-12)28-18(20)19(21,22)23/h3-11,18H,1-2H3/b15-11+. The molecule has 0 aromatic heterocycles. The summed E-state index contributed by atoms with van der Waals surface area (Å²) in [4.78, 5) is 12.0. The number of hydrogen-bond acceptors (Lipinski definition) is 5. The fourth-order valence-corrected chi connectivity index (χ4v) is 2.15. The van der Waals surface area contributed by atoms with E-state index in [2.05, 4.69) is 4.74 Å². The minimum atomic E-state index is -5.15. The van der Waals surface area contributed by atoms with Gasteiger partial charge in [0.2, 0.25) is 0 Å². The minimum Gasteiger partial charge on any atom is -0.503 e. The smallest absolute Gasteiger partial charge is 0.457 e. The molecule has 0 saturated heterocycles. The molecular weight excluding hydrogens is 384 g/mol. The van der Waals surface area contributed by atoms with E-state index in [1.54, 1.807) is 18.2 Å². The Balaban J connectivity index is 2.31. The van der Waals surface area contributed by atoms with E-state index in [0.717, 1.165) is 12.1 Å². The third kappa shape index (κ3) is 5.38. The van der Waals surface area contributed by atoms with Crippen molar-refractivity contribution in [2.75, 3.05) is 14.2 Å². The maximum Gasteiger partial charge on any atom is 0.457 e. The minimum absolute atomic E-state index is 0.0638. The summed E-state index contributed by atoms with van der Waals surface area (Å²) in [6.45, 7) is 0. The number of rotatable bonds is 7. The summed E-state index contributed by atoms with van der Waals surface area (Å²) in [5.74, 6) is -0.789. The van der Waals surface area contributed by atoms with Gasteiger partial charge in [0.1, 0.15) is 22.8 Å². The molecule has 2 rings (SSSR count). The molecule has 150 valence electrons. The highest BCUT2D eigenvalue weighted by Gasteiger charge is 2.42. The van der Waals surface area contributed by atoms with Crippen LogP contribution in [0.5, 0.6) is 17.2 Å². The highest BCUT2D eigenvalue weighted by Crippen LogP contribution is 2.33. The van der Waals surface area contributed by atoms with Crippen molar-refractivity contribution in [3.63, 3.8) is 0 Å². The summed E-state index contributed by atoms with van der Waals surface area (Å²) in [5.41, 5.74) is 0.384. The molecule has 2 aromatic rings. The van der Waals surface area contributed by atoms with Crippen LogP contribution in [0.25, 0.3) is 5.57 Å². The van der Waals surface area contributed by atoms with Crippen LogP contribution in [-0.2, 0) is 14.3 Å². The Morgan fingerprint density at radius 3 is 2.36 bits per heavy atom. The number of halogens is 4. The van der Waals surface area contributed by atoms with E-state index in [0.29, 0.717) is 5.56 Å². The predicted octanol–water partition coefficient (Wildman–Crippen LogP) is 4.88. The molecule has 0 saturated carbocycles. The number of methoxy groups -OCH3 is 2. The normalized spacial score (nSPS) is 12.9. The van der Waals surface area contributed by atoms with E-state index in [9.17, 15) is 22.4 Å². The average molecular weight is 400 g/mol. The van der Waals surface area contributed by atoms with Crippen LogP contribution in [0.2, 0.25) is 0 Å². The van der Waals surface area contributed by atoms with Gasteiger partial charge in [0.05, 0.1) is 20.5 Å². The largest absolute Gasteiger partial charge is 0.503 e. The summed E-state index contributed by atoms with van der Waals surface area (Å²) in [6, 6.07) is 11.4. The fraction of sp³-hybridized carbons (Fsp3) is 0.211. The molecule has 0 spiro atoms. The first-order chi connectivity index (χ1) is 13.3. The van der Waals surface area contributed by atoms with Crippen molar-refractivity contribution in [3.8, 4) is 17.2 Å². The van der Waals surface area contributed by atoms with E-state index in [1.165, 1.54) is 38.7 Å². The van der Waals surface area contributed by atoms with Gasteiger partial charge in [0.15, 0.2) is 0 Å². The predicted molar refractivity (Wildman–Crippen MR) is 91.5 cm³/mol. The van der Waals surface area contributed by atoms with Gasteiger partial charge in [0.25, 0.3) is 0 Å².